The summed E-state index contributed by atoms with van der Waals surface area (Å²) in [5, 5.41) is 6.59. The lowest BCUT2D eigenvalue weighted by atomic mass is 10.2. The van der Waals surface area contributed by atoms with Gasteiger partial charge in [-0.1, -0.05) is 0 Å². The zero-order chi connectivity index (χ0) is 11.1. The van der Waals surface area contributed by atoms with Gasteiger partial charge in [-0.05, 0) is 17.9 Å². The van der Waals surface area contributed by atoms with E-state index in [1.54, 1.807) is 0 Å². The average molecular weight is 248 g/mol. The van der Waals surface area contributed by atoms with Crippen molar-refractivity contribution in [1.29, 1.82) is 0 Å². The molecule has 1 rings (SSSR count). The number of amides is 1. The number of carbonyl (C=O) groups excluding carboxylic acids is 1. The molecule has 1 N–H and O–H groups in total. The highest BCUT2D eigenvalue weighted by Gasteiger charge is 2.08. The Morgan fingerprint density at radius 2 is 2.33 bits per heavy atom. The molecule has 0 saturated heterocycles. The van der Waals surface area contributed by atoms with Crippen LogP contribution in [0.15, 0.2) is 10.8 Å². The van der Waals surface area contributed by atoms with Crippen LogP contribution in [0.2, 0.25) is 0 Å². The van der Waals surface area contributed by atoms with Crippen molar-refractivity contribution < 1.29 is 9.53 Å². The monoisotopic (exact) mass is 247 g/mol. The van der Waals surface area contributed by atoms with Crippen LogP contribution in [0.1, 0.15) is 15.9 Å². The van der Waals surface area contributed by atoms with E-state index in [1.165, 1.54) is 11.3 Å². The molecular weight excluding hydrogens is 234 g/mol. The number of halogens is 1. The van der Waals surface area contributed by atoms with Crippen molar-refractivity contribution in [3.8, 4) is 0 Å². The molecule has 1 aromatic rings. The Labute approximate surface area is 98.4 Å². The van der Waals surface area contributed by atoms with Gasteiger partial charge in [-0.2, -0.15) is 11.3 Å². The van der Waals surface area contributed by atoms with Gasteiger partial charge in [-0.15, -0.1) is 11.6 Å². The van der Waals surface area contributed by atoms with Gasteiger partial charge in [0.05, 0.1) is 18.8 Å². The van der Waals surface area contributed by atoms with Gasteiger partial charge in [0, 0.05) is 17.8 Å². The number of rotatable bonds is 6. The van der Waals surface area contributed by atoms with Crippen LogP contribution in [-0.4, -0.2) is 31.5 Å². The number of hydrogen-bond donors (Lipinski definition) is 1. The zero-order valence-corrected chi connectivity index (χ0v) is 10.2. The van der Waals surface area contributed by atoms with Crippen LogP contribution >= 0.6 is 22.9 Å². The largest absolute Gasteiger partial charge is 0.378 e. The Kier molecular flexibility index (Phi) is 5.68. The topological polar surface area (TPSA) is 38.3 Å². The van der Waals surface area contributed by atoms with E-state index in [0.29, 0.717) is 25.6 Å². The third-order valence-electron chi connectivity index (χ3n) is 1.85. The molecule has 1 heterocycles. The molecule has 0 bridgehead atoms. The molecule has 0 fully saturated rings. The van der Waals surface area contributed by atoms with Crippen LogP contribution in [-0.2, 0) is 4.74 Å². The lowest BCUT2D eigenvalue weighted by Gasteiger charge is -2.04. The average Bonchev–Trinajstić information content (AvgIpc) is 2.64. The third kappa shape index (κ3) is 4.20. The summed E-state index contributed by atoms with van der Waals surface area (Å²) in [5.74, 6) is 0.445. The lowest BCUT2D eigenvalue weighted by molar-refractivity contribution is 0.0923. The molecule has 84 valence electrons. The minimum Gasteiger partial charge on any atom is -0.378 e. The van der Waals surface area contributed by atoms with Crippen molar-refractivity contribution in [3.05, 3.63) is 21.9 Å². The Hall–Kier alpha value is -0.580. The minimum atomic E-state index is -0.0387. The summed E-state index contributed by atoms with van der Waals surface area (Å²) in [6, 6.07) is 0. The molecule has 0 aliphatic rings. The number of hydrogen-bond acceptors (Lipinski definition) is 3. The first-order valence-corrected chi connectivity index (χ1v) is 6.18. The van der Waals surface area contributed by atoms with Gasteiger partial charge in [-0.25, -0.2) is 0 Å². The molecule has 5 heteroatoms. The minimum absolute atomic E-state index is 0.0387. The van der Waals surface area contributed by atoms with E-state index in [9.17, 15) is 4.79 Å². The summed E-state index contributed by atoms with van der Waals surface area (Å²) in [5.41, 5.74) is 1.76. The smallest absolute Gasteiger partial charge is 0.252 e. The molecule has 0 radical (unpaired) electrons. The van der Waals surface area contributed by atoms with Crippen LogP contribution in [0.4, 0.5) is 0 Å². The molecule has 1 aromatic heterocycles. The second-order valence-corrected chi connectivity index (χ2v) is 4.15. The number of thiophene rings is 1. The summed E-state index contributed by atoms with van der Waals surface area (Å²) < 4.78 is 5.14. The molecule has 0 saturated carbocycles. The third-order valence-corrected chi connectivity index (χ3v) is 2.87. The number of nitrogens with one attached hydrogen (secondary N) is 1. The maximum atomic E-state index is 11.6. The molecular formula is C10H14ClNO2S. The summed E-state index contributed by atoms with van der Waals surface area (Å²) in [6.07, 6.45) is 0. The highest BCUT2D eigenvalue weighted by molar-refractivity contribution is 7.08. The van der Waals surface area contributed by atoms with E-state index in [4.69, 9.17) is 16.3 Å². The van der Waals surface area contributed by atoms with E-state index in [-0.39, 0.29) is 5.91 Å². The Balaban J connectivity index is 2.22. The van der Waals surface area contributed by atoms with Crippen LogP contribution in [0.25, 0.3) is 0 Å². The molecule has 0 aromatic carbocycles. The predicted octanol–water partition coefficient (Wildman–Crippen LogP) is 2.04. The molecule has 0 aliphatic heterocycles. The van der Waals surface area contributed by atoms with Gasteiger partial charge in [0.25, 0.3) is 5.91 Å². The van der Waals surface area contributed by atoms with Crippen molar-refractivity contribution in [2.24, 2.45) is 0 Å². The van der Waals surface area contributed by atoms with Crippen molar-refractivity contribution in [3.63, 3.8) is 0 Å². The van der Waals surface area contributed by atoms with E-state index in [0.717, 1.165) is 11.1 Å². The van der Waals surface area contributed by atoms with E-state index < -0.39 is 0 Å². The van der Waals surface area contributed by atoms with Crippen LogP contribution in [0.5, 0.6) is 0 Å². The number of ether oxygens (including phenoxy) is 1. The van der Waals surface area contributed by atoms with Crippen molar-refractivity contribution in [2.75, 3.05) is 25.6 Å². The lowest BCUT2D eigenvalue weighted by Crippen LogP contribution is -2.27. The van der Waals surface area contributed by atoms with Crippen LogP contribution < -0.4 is 5.32 Å². The van der Waals surface area contributed by atoms with Crippen LogP contribution in [0, 0.1) is 6.92 Å². The summed E-state index contributed by atoms with van der Waals surface area (Å²) in [7, 11) is 0. The van der Waals surface area contributed by atoms with E-state index in [1.807, 2.05) is 17.7 Å². The predicted molar refractivity (Wildman–Crippen MR) is 62.9 cm³/mol. The first kappa shape index (κ1) is 12.5. The van der Waals surface area contributed by atoms with Crippen molar-refractivity contribution in [2.45, 2.75) is 6.92 Å². The molecule has 0 atom stereocenters. The second-order valence-electron chi connectivity index (χ2n) is 3.03. The van der Waals surface area contributed by atoms with Gasteiger partial charge in [0.1, 0.15) is 0 Å². The number of alkyl halides is 1. The van der Waals surface area contributed by atoms with E-state index >= 15 is 0 Å². The fourth-order valence-electron chi connectivity index (χ4n) is 1.08. The fraction of sp³-hybridized carbons (Fsp3) is 0.500. The zero-order valence-electron chi connectivity index (χ0n) is 8.59. The summed E-state index contributed by atoms with van der Waals surface area (Å²) >= 11 is 6.97. The molecule has 15 heavy (non-hydrogen) atoms. The fourth-order valence-corrected chi connectivity index (χ4v) is 2.02. The van der Waals surface area contributed by atoms with Gasteiger partial charge < -0.3 is 10.1 Å². The maximum Gasteiger partial charge on any atom is 0.252 e. The first-order valence-electron chi connectivity index (χ1n) is 4.70. The Bertz CT molecular complexity index is 314. The van der Waals surface area contributed by atoms with Gasteiger partial charge in [0.2, 0.25) is 0 Å². The maximum absolute atomic E-state index is 11.6. The molecule has 3 nitrogen and oxygen atoms in total. The SMILES string of the molecule is Cc1cscc1C(=O)NCCOCCCl. The van der Waals surface area contributed by atoms with Crippen molar-refractivity contribution in [1.82, 2.24) is 5.32 Å². The quantitative estimate of drug-likeness (QED) is 0.617. The summed E-state index contributed by atoms with van der Waals surface area (Å²) in [6.45, 7) is 3.47. The van der Waals surface area contributed by atoms with Gasteiger partial charge in [0.15, 0.2) is 0 Å². The van der Waals surface area contributed by atoms with E-state index in [2.05, 4.69) is 5.32 Å². The number of aryl methyl sites for hydroxylation is 1. The van der Waals surface area contributed by atoms with Crippen molar-refractivity contribution >= 4 is 28.8 Å². The second kappa shape index (κ2) is 6.82. The molecule has 1 amide bonds. The molecule has 0 aliphatic carbocycles. The highest BCUT2D eigenvalue weighted by Crippen LogP contribution is 2.12. The van der Waals surface area contributed by atoms with Crippen LogP contribution in [0.3, 0.4) is 0 Å². The first-order chi connectivity index (χ1) is 7.25. The Morgan fingerprint density at radius 1 is 1.53 bits per heavy atom. The standard InChI is InChI=1S/C10H14ClNO2S/c1-8-6-15-7-9(8)10(13)12-3-5-14-4-2-11/h6-7H,2-5H2,1H3,(H,12,13). The number of carbonyl (C=O) groups is 1. The normalized spacial score (nSPS) is 10.3. The highest BCUT2D eigenvalue weighted by atomic mass is 35.5. The molecule has 0 unspecified atom stereocenters. The molecule has 0 spiro atoms. The Morgan fingerprint density at radius 3 is 2.93 bits per heavy atom. The van der Waals surface area contributed by atoms with Gasteiger partial charge >= 0.3 is 0 Å². The summed E-state index contributed by atoms with van der Waals surface area (Å²) in [4.78, 5) is 11.6. The van der Waals surface area contributed by atoms with Gasteiger partial charge in [-0.3, -0.25) is 4.79 Å².